The fourth-order valence-corrected chi connectivity index (χ4v) is 3.45. The molecule has 0 heterocycles. The van der Waals surface area contributed by atoms with Gasteiger partial charge in [-0.05, 0) is 49.2 Å². The van der Waals surface area contributed by atoms with E-state index >= 15 is 0 Å². The molecule has 0 aliphatic carbocycles. The number of carbonyl (C=O) groups excluding carboxylic acids is 2. The van der Waals surface area contributed by atoms with Crippen LogP contribution in [0.1, 0.15) is 25.0 Å². The minimum atomic E-state index is -1.06. The third kappa shape index (κ3) is 7.85. The Hall–Kier alpha value is -1.50. The predicted molar refractivity (Wildman–Crippen MR) is 122 cm³/mol. The molecule has 0 radical (unpaired) electrons. The molecule has 2 aromatic rings. The van der Waals surface area contributed by atoms with Crippen molar-refractivity contribution < 1.29 is 23.8 Å². The van der Waals surface area contributed by atoms with Crippen molar-refractivity contribution in [2.24, 2.45) is 0 Å². The molecule has 0 fully saturated rings. The highest BCUT2D eigenvalue weighted by Crippen LogP contribution is 2.26. The van der Waals surface area contributed by atoms with Crippen LogP contribution in [0.15, 0.2) is 36.4 Å². The van der Waals surface area contributed by atoms with Gasteiger partial charge in [-0.3, -0.25) is 0 Å². The number of benzene rings is 2. The van der Waals surface area contributed by atoms with Crippen LogP contribution < -0.4 is 0 Å². The van der Waals surface area contributed by atoms with Crippen molar-refractivity contribution >= 4 is 58.3 Å². The van der Waals surface area contributed by atoms with Gasteiger partial charge in [0.25, 0.3) is 0 Å². The molecule has 0 aromatic heterocycles. The molecule has 9 heteroatoms. The van der Waals surface area contributed by atoms with Crippen LogP contribution in [0.5, 0.6) is 0 Å². The molecular weight excluding hydrogens is 486 g/mol. The fourth-order valence-electron chi connectivity index (χ4n) is 2.80. The fraction of sp³-hybridized carbons (Fsp3) is 0.364. The van der Waals surface area contributed by atoms with Crippen molar-refractivity contribution in [3.63, 3.8) is 0 Å². The Morgan fingerprint density at radius 2 is 1.10 bits per heavy atom. The van der Waals surface area contributed by atoms with Gasteiger partial charge in [-0.1, -0.05) is 58.5 Å². The Morgan fingerprint density at radius 1 is 0.710 bits per heavy atom. The Bertz CT molecular complexity index is 845. The molecule has 2 unspecified atom stereocenters. The first-order valence-corrected chi connectivity index (χ1v) is 11.1. The molecule has 0 bridgehead atoms. The number of esters is 2. The Kier molecular flexibility index (Phi) is 10.4. The summed E-state index contributed by atoms with van der Waals surface area (Å²) in [6.07, 6.45) is -1.86. The van der Waals surface area contributed by atoms with E-state index in [0.29, 0.717) is 31.2 Å². The Labute approximate surface area is 201 Å². The van der Waals surface area contributed by atoms with E-state index in [0.717, 1.165) is 0 Å². The van der Waals surface area contributed by atoms with Crippen molar-refractivity contribution in [1.29, 1.82) is 0 Å². The zero-order valence-corrected chi connectivity index (χ0v) is 20.0. The van der Waals surface area contributed by atoms with Gasteiger partial charge in [0.1, 0.15) is 0 Å². The lowest BCUT2D eigenvalue weighted by Crippen LogP contribution is -2.38. The van der Waals surface area contributed by atoms with Crippen LogP contribution in [-0.2, 0) is 36.6 Å². The topological polar surface area (TPSA) is 61.8 Å². The van der Waals surface area contributed by atoms with Gasteiger partial charge in [-0.25, -0.2) is 9.59 Å². The maximum Gasteiger partial charge on any atom is 0.335 e. The molecular formula is C22H22Cl4O5. The molecule has 31 heavy (non-hydrogen) atoms. The summed E-state index contributed by atoms with van der Waals surface area (Å²) in [4.78, 5) is 25.1. The van der Waals surface area contributed by atoms with Crippen molar-refractivity contribution in [1.82, 2.24) is 0 Å². The van der Waals surface area contributed by atoms with Gasteiger partial charge in [0, 0.05) is 12.8 Å². The molecule has 0 aliphatic heterocycles. The summed E-state index contributed by atoms with van der Waals surface area (Å²) in [7, 11) is 0. The van der Waals surface area contributed by atoms with Crippen LogP contribution in [-0.4, -0.2) is 37.4 Å². The second-order valence-electron chi connectivity index (χ2n) is 6.52. The smallest absolute Gasteiger partial charge is 0.335 e. The van der Waals surface area contributed by atoms with Gasteiger partial charge in [-0.15, -0.1) is 0 Å². The van der Waals surface area contributed by atoms with E-state index in [2.05, 4.69) is 0 Å². The molecule has 0 aliphatic rings. The van der Waals surface area contributed by atoms with Crippen LogP contribution in [0.4, 0.5) is 0 Å². The zero-order chi connectivity index (χ0) is 23.0. The van der Waals surface area contributed by atoms with E-state index in [1.54, 1.807) is 50.2 Å². The highest BCUT2D eigenvalue weighted by molar-refractivity contribution is 6.42. The largest absolute Gasteiger partial charge is 0.464 e. The van der Waals surface area contributed by atoms with E-state index in [4.69, 9.17) is 60.6 Å². The minimum absolute atomic E-state index is 0.132. The highest BCUT2D eigenvalue weighted by Gasteiger charge is 2.30. The van der Waals surface area contributed by atoms with Gasteiger partial charge in [0.2, 0.25) is 0 Å². The summed E-state index contributed by atoms with van der Waals surface area (Å²) in [6.45, 7) is 3.70. The summed E-state index contributed by atoms with van der Waals surface area (Å²) >= 11 is 24.1. The van der Waals surface area contributed by atoms with Crippen molar-refractivity contribution in [2.75, 3.05) is 13.2 Å². The van der Waals surface area contributed by atoms with E-state index in [9.17, 15) is 9.59 Å². The number of ether oxygens (including phenoxy) is 3. The molecule has 0 saturated carbocycles. The number of hydrogen-bond donors (Lipinski definition) is 0. The highest BCUT2D eigenvalue weighted by atomic mass is 35.5. The number of rotatable bonds is 10. The van der Waals surface area contributed by atoms with Gasteiger partial charge in [-0.2, -0.15) is 0 Å². The Morgan fingerprint density at radius 3 is 1.42 bits per heavy atom. The van der Waals surface area contributed by atoms with Gasteiger partial charge in [0.05, 0.1) is 33.3 Å². The molecule has 168 valence electrons. The molecule has 2 rings (SSSR count). The van der Waals surface area contributed by atoms with Crippen LogP contribution in [0.3, 0.4) is 0 Å². The van der Waals surface area contributed by atoms with Gasteiger partial charge >= 0.3 is 11.9 Å². The molecule has 0 amide bonds. The first kappa shape index (κ1) is 25.8. The van der Waals surface area contributed by atoms with E-state index < -0.39 is 24.1 Å². The summed E-state index contributed by atoms with van der Waals surface area (Å²) in [5.41, 5.74) is 1.40. The summed E-state index contributed by atoms with van der Waals surface area (Å²) < 4.78 is 16.2. The van der Waals surface area contributed by atoms with Crippen LogP contribution in [0.25, 0.3) is 0 Å². The lowest BCUT2D eigenvalue weighted by Gasteiger charge is -2.23. The van der Waals surface area contributed by atoms with Crippen LogP contribution in [0.2, 0.25) is 20.1 Å². The standard InChI is InChI=1S/C22H22Cl4O5/c1-3-29-21(27)19(11-13-5-7-15(23)17(25)9-13)31-20(22(28)30-4-2)12-14-6-8-16(24)18(26)10-14/h5-10,19-20H,3-4,11-12H2,1-2H3. The molecule has 0 spiro atoms. The number of hydrogen-bond acceptors (Lipinski definition) is 5. The third-order valence-electron chi connectivity index (χ3n) is 4.24. The molecule has 2 atom stereocenters. The van der Waals surface area contributed by atoms with E-state index in [-0.39, 0.29) is 26.1 Å². The van der Waals surface area contributed by atoms with Gasteiger partial charge < -0.3 is 14.2 Å². The van der Waals surface area contributed by atoms with Crippen molar-refractivity contribution in [3.05, 3.63) is 67.6 Å². The van der Waals surface area contributed by atoms with Gasteiger partial charge in [0.15, 0.2) is 12.2 Å². The Balaban J connectivity index is 2.28. The number of carbonyl (C=O) groups is 2. The van der Waals surface area contributed by atoms with Crippen LogP contribution in [0, 0.1) is 0 Å². The summed E-state index contributed by atoms with van der Waals surface area (Å²) in [5, 5.41) is 1.48. The normalized spacial score (nSPS) is 12.8. The first-order valence-electron chi connectivity index (χ1n) is 9.61. The third-order valence-corrected chi connectivity index (χ3v) is 5.72. The predicted octanol–water partition coefficient (Wildman–Crippen LogP) is 5.97. The molecule has 0 N–H and O–H groups in total. The summed E-state index contributed by atoms with van der Waals surface area (Å²) in [6, 6.07) is 9.97. The summed E-state index contributed by atoms with van der Waals surface area (Å²) in [5.74, 6) is -1.20. The van der Waals surface area contributed by atoms with Crippen LogP contribution >= 0.6 is 46.4 Å². The molecule has 5 nitrogen and oxygen atoms in total. The SMILES string of the molecule is CCOC(=O)C(Cc1ccc(Cl)c(Cl)c1)OC(Cc1ccc(Cl)c(Cl)c1)C(=O)OCC. The maximum absolute atomic E-state index is 12.6. The van der Waals surface area contributed by atoms with E-state index in [1.807, 2.05) is 0 Å². The average Bonchev–Trinajstić information content (AvgIpc) is 2.72. The quantitative estimate of drug-likeness (QED) is 0.371. The lowest BCUT2D eigenvalue weighted by molar-refractivity contribution is -0.171. The zero-order valence-electron chi connectivity index (χ0n) is 17.0. The molecule has 0 saturated heterocycles. The minimum Gasteiger partial charge on any atom is -0.464 e. The van der Waals surface area contributed by atoms with Crippen molar-refractivity contribution in [2.45, 2.75) is 38.9 Å². The number of halogens is 4. The second-order valence-corrected chi connectivity index (χ2v) is 8.15. The maximum atomic E-state index is 12.6. The second kappa shape index (κ2) is 12.5. The monoisotopic (exact) mass is 506 g/mol. The van der Waals surface area contributed by atoms with E-state index in [1.165, 1.54) is 0 Å². The average molecular weight is 508 g/mol. The van der Waals surface area contributed by atoms with Crippen molar-refractivity contribution in [3.8, 4) is 0 Å². The first-order chi connectivity index (χ1) is 14.7. The lowest BCUT2D eigenvalue weighted by atomic mass is 10.1. The molecule has 2 aromatic carbocycles.